The van der Waals surface area contributed by atoms with Crippen molar-refractivity contribution in [3.63, 3.8) is 0 Å². The second-order valence-corrected chi connectivity index (χ2v) is 5.04. The summed E-state index contributed by atoms with van der Waals surface area (Å²) < 4.78 is 0. The Morgan fingerprint density at radius 1 is 1.14 bits per heavy atom. The predicted octanol–water partition coefficient (Wildman–Crippen LogP) is 5.59. The van der Waals surface area contributed by atoms with Crippen molar-refractivity contribution in [1.29, 1.82) is 5.41 Å². The van der Waals surface area contributed by atoms with Crippen LogP contribution in [0.15, 0.2) is 61.3 Å². The van der Waals surface area contributed by atoms with E-state index in [0.717, 1.165) is 22.5 Å². The first-order valence-electron chi connectivity index (χ1n) is 6.61. The molecule has 0 aliphatic heterocycles. The van der Waals surface area contributed by atoms with Gasteiger partial charge in [0.25, 0.3) is 0 Å². The maximum absolute atomic E-state index is 7.07. The molecule has 2 aromatic carbocycles. The van der Waals surface area contributed by atoms with Crippen molar-refractivity contribution in [3.05, 3.63) is 77.5 Å². The number of rotatable bonds is 5. The van der Waals surface area contributed by atoms with Crippen molar-refractivity contribution in [2.75, 3.05) is 4.90 Å². The zero-order valence-corrected chi connectivity index (χ0v) is 12.6. The second kappa shape index (κ2) is 6.91. The first-order chi connectivity index (χ1) is 10.2. The molecule has 2 rings (SSSR count). The van der Waals surface area contributed by atoms with Crippen LogP contribution in [-0.2, 0) is 0 Å². The van der Waals surface area contributed by atoms with E-state index in [4.69, 9.17) is 17.0 Å². The van der Waals surface area contributed by atoms with E-state index in [9.17, 15) is 0 Å². The van der Waals surface area contributed by atoms with Crippen LogP contribution in [0.5, 0.6) is 0 Å². The van der Waals surface area contributed by atoms with Gasteiger partial charge in [0, 0.05) is 28.8 Å². The number of halogens is 1. The molecular formula is C18H17ClN2. The molecule has 0 aliphatic carbocycles. The molecule has 1 N–H and O–H groups in total. The van der Waals surface area contributed by atoms with Gasteiger partial charge in [-0.15, -0.1) is 0 Å². The van der Waals surface area contributed by atoms with Gasteiger partial charge in [0.2, 0.25) is 0 Å². The van der Waals surface area contributed by atoms with Crippen LogP contribution in [0.3, 0.4) is 0 Å². The number of hydrogen-bond donors (Lipinski definition) is 1. The standard InChI is InChI=1S/C18H17ClN2/c1-3-21(17-10-8-16(19)9-11-17)18-13-15(5-4-12-20)7-6-14(18)2/h3-13,20H,1H2,2H3/b5-4+,20-12?. The predicted molar refractivity (Wildman–Crippen MR) is 92.8 cm³/mol. The van der Waals surface area contributed by atoms with Crippen molar-refractivity contribution < 1.29 is 0 Å². The molecule has 0 aromatic heterocycles. The second-order valence-electron chi connectivity index (χ2n) is 4.60. The van der Waals surface area contributed by atoms with E-state index in [1.54, 1.807) is 12.3 Å². The lowest BCUT2D eigenvalue weighted by atomic mass is 10.1. The average molecular weight is 297 g/mol. The molecule has 0 aliphatic rings. The number of hydrogen-bond acceptors (Lipinski definition) is 2. The van der Waals surface area contributed by atoms with Crippen molar-refractivity contribution in [3.8, 4) is 0 Å². The lowest BCUT2D eigenvalue weighted by Gasteiger charge is -2.23. The summed E-state index contributed by atoms with van der Waals surface area (Å²) in [6.45, 7) is 5.97. The molecule has 2 nitrogen and oxygen atoms in total. The topological polar surface area (TPSA) is 27.1 Å². The van der Waals surface area contributed by atoms with E-state index >= 15 is 0 Å². The van der Waals surface area contributed by atoms with Crippen LogP contribution < -0.4 is 4.90 Å². The van der Waals surface area contributed by atoms with Gasteiger partial charge in [0.05, 0.1) is 0 Å². The number of anilines is 2. The Bertz CT molecular complexity index is 672. The number of benzene rings is 2. The van der Waals surface area contributed by atoms with Gasteiger partial charge >= 0.3 is 0 Å². The monoisotopic (exact) mass is 296 g/mol. The minimum atomic E-state index is 0.710. The maximum atomic E-state index is 7.07. The SMILES string of the molecule is C=CN(c1ccc(Cl)cc1)c1cc(/C=C/C=N)ccc1C. The highest BCUT2D eigenvalue weighted by atomic mass is 35.5. The fourth-order valence-electron chi connectivity index (χ4n) is 2.09. The van der Waals surface area contributed by atoms with E-state index in [0.29, 0.717) is 5.02 Å². The lowest BCUT2D eigenvalue weighted by Crippen LogP contribution is -2.09. The van der Waals surface area contributed by atoms with E-state index in [-0.39, 0.29) is 0 Å². The van der Waals surface area contributed by atoms with Gasteiger partial charge in [-0.25, -0.2) is 0 Å². The van der Waals surface area contributed by atoms with Gasteiger partial charge in [0.15, 0.2) is 0 Å². The van der Waals surface area contributed by atoms with Crippen LogP contribution in [0.4, 0.5) is 11.4 Å². The number of nitrogens with one attached hydrogen (secondary N) is 1. The third-order valence-electron chi connectivity index (χ3n) is 3.17. The summed E-state index contributed by atoms with van der Waals surface area (Å²) >= 11 is 5.94. The Hall–Kier alpha value is -2.32. The molecule has 0 unspecified atom stereocenters. The molecule has 2 aromatic rings. The minimum absolute atomic E-state index is 0.710. The zero-order chi connectivity index (χ0) is 15.2. The van der Waals surface area contributed by atoms with E-state index in [2.05, 4.69) is 25.6 Å². The molecule has 0 atom stereocenters. The molecular weight excluding hydrogens is 280 g/mol. The summed E-state index contributed by atoms with van der Waals surface area (Å²) in [7, 11) is 0. The van der Waals surface area contributed by atoms with E-state index < -0.39 is 0 Å². The smallest absolute Gasteiger partial charge is 0.0490 e. The number of aryl methyl sites for hydroxylation is 1. The van der Waals surface area contributed by atoms with Gasteiger partial charge in [0.1, 0.15) is 0 Å². The highest BCUT2D eigenvalue weighted by Crippen LogP contribution is 2.30. The van der Waals surface area contributed by atoms with Gasteiger partial charge in [-0.3, -0.25) is 0 Å². The summed E-state index contributed by atoms with van der Waals surface area (Å²) in [5.74, 6) is 0. The highest BCUT2D eigenvalue weighted by molar-refractivity contribution is 6.30. The van der Waals surface area contributed by atoms with Crippen molar-refractivity contribution in [2.45, 2.75) is 6.92 Å². The molecule has 21 heavy (non-hydrogen) atoms. The molecule has 106 valence electrons. The quantitative estimate of drug-likeness (QED) is 0.715. The lowest BCUT2D eigenvalue weighted by molar-refractivity contribution is 1.25. The molecule has 0 heterocycles. The van der Waals surface area contributed by atoms with Crippen LogP contribution in [-0.4, -0.2) is 6.21 Å². The first-order valence-corrected chi connectivity index (χ1v) is 6.98. The van der Waals surface area contributed by atoms with Crippen molar-refractivity contribution in [2.24, 2.45) is 0 Å². The number of allylic oxidation sites excluding steroid dienone is 1. The summed E-state index contributed by atoms with van der Waals surface area (Å²) in [5.41, 5.74) is 4.25. The molecule has 0 saturated carbocycles. The molecule has 0 radical (unpaired) electrons. The summed E-state index contributed by atoms with van der Waals surface area (Å²) in [6, 6.07) is 13.8. The van der Waals surface area contributed by atoms with Crippen LogP contribution in [0.2, 0.25) is 5.02 Å². The summed E-state index contributed by atoms with van der Waals surface area (Å²) in [5, 5.41) is 7.78. The zero-order valence-electron chi connectivity index (χ0n) is 11.9. The van der Waals surface area contributed by atoms with E-state index in [1.807, 2.05) is 41.3 Å². The molecule has 0 bridgehead atoms. The Balaban J connectivity index is 2.46. The van der Waals surface area contributed by atoms with Crippen LogP contribution >= 0.6 is 11.6 Å². The fourth-order valence-corrected chi connectivity index (χ4v) is 2.22. The third kappa shape index (κ3) is 3.61. The summed E-state index contributed by atoms with van der Waals surface area (Å²) in [4.78, 5) is 2.02. The van der Waals surface area contributed by atoms with Gasteiger partial charge in [-0.05, 0) is 54.5 Å². The molecule has 0 fully saturated rings. The minimum Gasteiger partial charge on any atom is -0.317 e. The molecule has 0 amide bonds. The maximum Gasteiger partial charge on any atom is 0.0490 e. The van der Waals surface area contributed by atoms with Crippen LogP contribution in [0.1, 0.15) is 11.1 Å². The Morgan fingerprint density at radius 2 is 1.86 bits per heavy atom. The fraction of sp³-hybridized carbons (Fsp3) is 0.0556. The average Bonchev–Trinajstić information content (AvgIpc) is 2.50. The molecule has 0 saturated heterocycles. The summed E-state index contributed by atoms with van der Waals surface area (Å²) in [6.07, 6.45) is 6.66. The largest absolute Gasteiger partial charge is 0.317 e. The van der Waals surface area contributed by atoms with Crippen molar-refractivity contribution in [1.82, 2.24) is 0 Å². The number of nitrogens with zero attached hydrogens (tertiary/aromatic N) is 1. The van der Waals surface area contributed by atoms with Gasteiger partial charge in [-0.1, -0.05) is 36.4 Å². The molecule has 0 spiro atoms. The normalized spacial score (nSPS) is 10.6. The Labute approximate surface area is 130 Å². The Morgan fingerprint density at radius 3 is 2.48 bits per heavy atom. The van der Waals surface area contributed by atoms with Gasteiger partial charge in [-0.2, -0.15) is 0 Å². The Kier molecular flexibility index (Phi) is 4.96. The first kappa shape index (κ1) is 15.1. The van der Waals surface area contributed by atoms with E-state index in [1.165, 1.54) is 6.21 Å². The van der Waals surface area contributed by atoms with Crippen LogP contribution in [0, 0.1) is 12.3 Å². The van der Waals surface area contributed by atoms with Crippen molar-refractivity contribution >= 4 is 35.3 Å². The van der Waals surface area contributed by atoms with Gasteiger partial charge < -0.3 is 10.3 Å². The molecule has 3 heteroatoms. The third-order valence-corrected chi connectivity index (χ3v) is 3.42. The highest BCUT2D eigenvalue weighted by Gasteiger charge is 2.09. The van der Waals surface area contributed by atoms with Crippen LogP contribution in [0.25, 0.3) is 6.08 Å².